The van der Waals surface area contributed by atoms with Gasteiger partial charge in [0.25, 0.3) is 11.8 Å². The number of phenols is 1. The number of aliphatic hydroxyl groups excluding tert-OH is 1. The minimum absolute atomic E-state index is 0.0205. The Morgan fingerprint density at radius 1 is 1.11 bits per heavy atom. The van der Waals surface area contributed by atoms with Crippen molar-refractivity contribution in [1.82, 2.24) is 15.5 Å². The van der Waals surface area contributed by atoms with Gasteiger partial charge in [0, 0.05) is 21.4 Å². The summed E-state index contributed by atoms with van der Waals surface area (Å²) in [6.45, 7) is 11.0. The number of aromatic hydroxyl groups is 1. The molecule has 4 N–H and O–H groups in total. The van der Waals surface area contributed by atoms with E-state index in [2.05, 4.69) is 10.6 Å². The van der Waals surface area contributed by atoms with E-state index < -0.39 is 40.3 Å². The summed E-state index contributed by atoms with van der Waals surface area (Å²) in [6.07, 6.45) is -1.40. The van der Waals surface area contributed by atoms with E-state index >= 15 is 0 Å². The number of aliphatic hydroxyl groups is 1. The van der Waals surface area contributed by atoms with Crippen LogP contribution < -0.4 is 10.6 Å². The van der Waals surface area contributed by atoms with Crippen LogP contribution >= 0.6 is 11.8 Å². The fraction of sp³-hybridized carbons (Fsp3) is 0.464. The second-order valence-electron chi connectivity index (χ2n) is 11.0. The van der Waals surface area contributed by atoms with Crippen LogP contribution in [0.3, 0.4) is 0 Å². The van der Waals surface area contributed by atoms with Crippen LogP contribution in [0.25, 0.3) is 0 Å². The molecule has 9 heteroatoms. The van der Waals surface area contributed by atoms with E-state index in [4.69, 9.17) is 0 Å². The molecule has 1 aliphatic rings. The number of nitrogens with zero attached hydrogens (tertiary/aromatic N) is 1. The molecule has 1 unspecified atom stereocenters. The number of hydrogen-bond acceptors (Lipinski definition) is 6. The van der Waals surface area contributed by atoms with Gasteiger partial charge in [-0.15, -0.1) is 11.8 Å². The molecule has 1 heterocycles. The summed E-state index contributed by atoms with van der Waals surface area (Å²) in [7, 11) is 0. The maximum atomic E-state index is 13.7. The molecule has 37 heavy (non-hydrogen) atoms. The Bertz CT molecular complexity index is 1150. The molecule has 200 valence electrons. The minimum Gasteiger partial charge on any atom is -0.508 e. The van der Waals surface area contributed by atoms with E-state index in [0.29, 0.717) is 5.56 Å². The zero-order valence-electron chi connectivity index (χ0n) is 22.2. The summed E-state index contributed by atoms with van der Waals surface area (Å²) in [5.74, 6) is -1.21. The molecule has 8 nitrogen and oxygen atoms in total. The summed E-state index contributed by atoms with van der Waals surface area (Å²) in [5.41, 5.74) is 0.982. The number of nitrogens with one attached hydrogen (secondary N) is 2. The number of hydrogen-bond donors (Lipinski definition) is 4. The number of rotatable bonds is 7. The van der Waals surface area contributed by atoms with E-state index in [1.165, 1.54) is 22.7 Å². The third-order valence-corrected chi connectivity index (χ3v) is 7.75. The van der Waals surface area contributed by atoms with Crippen molar-refractivity contribution in [3.63, 3.8) is 0 Å². The van der Waals surface area contributed by atoms with Gasteiger partial charge in [-0.05, 0) is 65.7 Å². The monoisotopic (exact) mass is 527 g/mol. The lowest BCUT2D eigenvalue weighted by Gasteiger charge is -2.35. The average Bonchev–Trinajstić information content (AvgIpc) is 3.14. The van der Waals surface area contributed by atoms with Crippen LogP contribution in [0, 0.1) is 6.92 Å². The van der Waals surface area contributed by atoms with Crippen molar-refractivity contribution in [2.24, 2.45) is 0 Å². The van der Waals surface area contributed by atoms with Gasteiger partial charge in [-0.2, -0.15) is 0 Å². The molecule has 1 saturated heterocycles. The third-order valence-electron chi connectivity index (χ3n) is 6.37. The molecule has 0 spiro atoms. The molecule has 0 saturated carbocycles. The van der Waals surface area contributed by atoms with Gasteiger partial charge in [0.15, 0.2) is 6.10 Å². The van der Waals surface area contributed by atoms with Gasteiger partial charge in [0.05, 0.1) is 11.9 Å². The van der Waals surface area contributed by atoms with Crippen molar-refractivity contribution in [2.75, 3.05) is 5.88 Å². The van der Waals surface area contributed by atoms with Gasteiger partial charge in [0.1, 0.15) is 11.8 Å². The van der Waals surface area contributed by atoms with Crippen molar-refractivity contribution in [2.45, 2.75) is 76.4 Å². The SMILES string of the molecule is Cc1c(O)cccc1C(=O)N[C@@H](Cc1ccccc1)C(O)C(=O)N1CSC(C)(C)[C@H]1C(=O)NC(C)(C)C. The summed E-state index contributed by atoms with van der Waals surface area (Å²) >= 11 is 1.46. The Kier molecular flexibility index (Phi) is 8.59. The molecule has 0 aromatic heterocycles. The predicted molar refractivity (Wildman–Crippen MR) is 145 cm³/mol. The zero-order valence-corrected chi connectivity index (χ0v) is 23.1. The van der Waals surface area contributed by atoms with Crippen LogP contribution in [-0.4, -0.2) is 67.2 Å². The quantitative estimate of drug-likeness (QED) is 0.440. The number of amides is 3. The molecule has 0 bridgehead atoms. The second kappa shape index (κ2) is 11.1. The molecule has 1 aliphatic heterocycles. The largest absolute Gasteiger partial charge is 0.508 e. The van der Waals surface area contributed by atoms with Gasteiger partial charge in [-0.1, -0.05) is 36.4 Å². The van der Waals surface area contributed by atoms with Crippen molar-refractivity contribution in [1.29, 1.82) is 0 Å². The molecular weight excluding hydrogens is 490 g/mol. The molecule has 2 aromatic rings. The van der Waals surface area contributed by atoms with E-state index in [-0.39, 0.29) is 29.5 Å². The first-order valence-electron chi connectivity index (χ1n) is 12.3. The average molecular weight is 528 g/mol. The molecule has 3 amide bonds. The van der Waals surface area contributed by atoms with E-state index in [1.807, 2.05) is 65.0 Å². The first-order valence-corrected chi connectivity index (χ1v) is 13.3. The second-order valence-corrected chi connectivity index (χ2v) is 12.6. The van der Waals surface area contributed by atoms with Crippen molar-refractivity contribution < 1.29 is 24.6 Å². The van der Waals surface area contributed by atoms with Crippen LogP contribution in [-0.2, 0) is 16.0 Å². The minimum atomic E-state index is -1.60. The topological polar surface area (TPSA) is 119 Å². The highest BCUT2D eigenvalue weighted by atomic mass is 32.2. The van der Waals surface area contributed by atoms with Gasteiger partial charge in [0.2, 0.25) is 5.91 Å². The number of benzene rings is 2. The van der Waals surface area contributed by atoms with Crippen molar-refractivity contribution in [3.8, 4) is 5.75 Å². The van der Waals surface area contributed by atoms with Gasteiger partial charge in [-0.3, -0.25) is 14.4 Å². The van der Waals surface area contributed by atoms with Crippen molar-refractivity contribution >= 4 is 29.5 Å². The van der Waals surface area contributed by atoms with E-state index in [9.17, 15) is 24.6 Å². The van der Waals surface area contributed by atoms with Gasteiger partial charge < -0.3 is 25.7 Å². The van der Waals surface area contributed by atoms with Crippen LogP contribution in [0.2, 0.25) is 0 Å². The molecule has 0 radical (unpaired) electrons. The van der Waals surface area contributed by atoms with E-state index in [1.54, 1.807) is 19.1 Å². The van der Waals surface area contributed by atoms with Crippen LogP contribution in [0.15, 0.2) is 48.5 Å². The summed E-state index contributed by atoms with van der Waals surface area (Å²) in [6, 6.07) is 12.1. The number of phenolic OH excluding ortho intramolecular Hbond substituents is 1. The lowest BCUT2D eigenvalue weighted by Crippen LogP contribution is -2.60. The van der Waals surface area contributed by atoms with Crippen LogP contribution in [0.4, 0.5) is 0 Å². The molecule has 1 fully saturated rings. The predicted octanol–water partition coefficient (Wildman–Crippen LogP) is 3.00. The first-order chi connectivity index (χ1) is 17.2. The maximum Gasteiger partial charge on any atom is 0.254 e. The molecule has 0 aliphatic carbocycles. The fourth-order valence-electron chi connectivity index (χ4n) is 4.42. The van der Waals surface area contributed by atoms with Crippen molar-refractivity contribution in [3.05, 3.63) is 65.2 Å². The summed E-state index contributed by atoms with van der Waals surface area (Å²) in [4.78, 5) is 41.5. The fourth-order valence-corrected chi connectivity index (χ4v) is 5.56. The normalized spacial score (nSPS) is 18.7. The number of carbonyl (C=O) groups is 3. The summed E-state index contributed by atoms with van der Waals surface area (Å²) in [5, 5.41) is 27.1. The highest BCUT2D eigenvalue weighted by molar-refractivity contribution is 8.00. The zero-order chi connectivity index (χ0) is 27.5. The Balaban J connectivity index is 1.89. The lowest BCUT2D eigenvalue weighted by atomic mass is 9.96. The Morgan fingerprint density at radius 2 is 1.76 bits per heavy atom. The lowest BCUT2D eigenvalue weighted by molar-refractivity contribution is -0.147. The van der Waals surface area contributed by atoms with E-state index in [0.717, 1.165) is 5.56 Å². The Labute approximate surface area is 222 Å². The molecule has 3 atom stereocenters. The third kappa shape index (κ3) is 6.84. The smallest absolute Gasteiger partial charge is 0.254 e. The van der Waals surface area contributed by atoms with Crippen LogP contribution in [0.5, 0.6) is 5.75 Å². The summed E-state index contributed by atoms with van der Waals surface area (Å²) < 4.78 is -0.568. The highest BCUT2D eigenvalue weighted by Crippen LogP contribution is 2.40. The molecule has 3 rings (SSSR count). The molecule has 2 aromatic carbocycles. The first kappa shape index (κ1) is 28.5. The van der Waals surface area contributed by atoms with Gasteiger partial charge >= 0.3 is 0 Å². The standard InChI is InChI=1S/C28H37N3O5S/c1-17-19(13-10-14-21(17)32)24(34)29-20(15-18-11-8-7-9-12-18)22(33)26(36)31-16-37-28(5,6)23(31)25(35)30-27(2,3)4/h7-14,20,22-23,32-33H,15-16H2,1-6H3,(H,29,34)(H,30,35)/t20-,22?,23+/m0/s1. The highest BCUT2D eigenvalue weighted by Gasteiger charge is 2.50. The Morgan fingerprint density at radius 3 is 2.38 bits per heavy atom. The van der Waals surface area contributed by atoms with Crippen LogP contribution in [0.1, 0.15) is 56.1 Å². The number of carbonyl (C=O) groups excluding carboxylic acids is 3. The molecular formula is C28H37N3O5S. The Hall–Kier alpha value is -3.04. The number of thioether (sulfide) groups is 1. The van der Waals surface area contributed by atoms with Gasteiger partial charge in [-0.25, -0.2) is 0 Å². The maximum absolute atomic E-state index is 13.7.